The van der Waals surface area contributed by atoms with Crippen molar-refractivity contribution in [1.82, 2.24) is 0 Å². The molecule has 2 unspecified atom stereocenters. The predicted octanol–water partition coefficient (Wildman–Crippen LogP) is 2.90. The Hall–Kier alpha value is -1.06. The van der Waals surface area contributed by atoms with Crippen LogP contribution in [0.4, 0.5) is 0 Å². The van der Waals surface area contributed by atoms with Crippen LogP contribution in [0, 0.1) is 0 Å². The molecule has 1 aromatic rings. The van der Waals surface area contributed by atoms with Crippen LogP contribution in [0.5, 0.6) is 0 Å². The molecule has 0 amide bonds. The maximum Gasteiger partial charge on any atom is 0.306 e. The Morgan fingerprint density at radius 1 is 1.44 bits per heavy atom. The Morgan fingerprint density at radius 3 is 2.44 bits per heavy atom. The second kappa shape index (κ2) is 6.21. The van der Waals surface area contributed by atoms with E-state index in [0.717, 1.165) is 12.0 Å². The first kappa shape index (κ1) is 15.0. The van der Waals surface area contributed by atoms with E-state index >= 15 is 0 Å². The summed E-state index contributed by atoms with van der Waals surface area (Å²) in [7, 11) is 1.39. The maximum absolute atomic E-state index is 11.6. The number of nitrogens with two attached hydrogens (primary N) is 1. The van der Waals surface area contributed by atoms with Gasteiger partial charge in [-0.2, -0.15) is 0 Å². The molecule has 0 heterocycles. The fraction of sp³-hybridized carbons (Fsp3) is 0.500. The number of carbonyl (C=O) groups excluding carboxylic acids is 1. The maximum atomic E-state index is 11.6. The quantitative estimate of drug-likeness (QED) is 0.837. The minimum atomic E-state index is -0.438. The van der Waals surface area contributed by atoms with Crippen molar-refractivity contribution in [1.29, 1.82) is 0 Å². The fourth-order valence-corrected chi connectivity index (χ4v) is 2.23. The van der Waals surface area contributed by atoms with Crippen LogP contribution in [0.1, 0.15) is 32.3 Å². The molecule has 18 heavy (non-hydrogen) atoms. The van der Waals surface area contributed by atoms with Crippen LogP contribution >= 0.6 is 11.6 Å². The summed E-state index contributed by atoms with van der Waals surface area (Å²) >= 11 is 5.89. The van der Waals surface area contributed by atoms with Gasteiger partial charge in [0.05, 0.1) is 13.5 Å². The van der Waals surface area contributed by atoms with Crippen molar-refractivity contribution in [2.75, 3.05) is 7.11 Å². The Labute approximate surface area is 113 Å². The molecule has 0 bridgehead atoms. The van der Waals surface area contributed by atoms with Crippen molar-refractivity contribution in [3.63, 3.8) is 0 Å². The molecule has 0 aromatic heterocycles. The van der Waals surface area contributed by atoms with E-state index in [1.165, 1.54) is 7.11 Å². The van der Waals surface area contributed by atoms with Crippen molar-refractivity contribution < 1.29 is 9.53 Å². The minimum absolute atomic E-state index is 0.113. The normalized spacial score (nSPS) is 15.8. The first-order chi connectivity index (χ1) is 8.43. The van der Waals surface area contributed by atoms with Crippen LogP contribution in [0.3, 0.4) is 0 Å². The van der Waals surface area contributed by atoms with E-state index in [1.54, 1.807) is 0 Å². The minimum Gasteiger partial charge on any atom is -0.469 e. The van der Waals surface area contributed by atoms with Gasteiger partial charge in [0.15, 0.2) is 0 Å². The number of hydrogen-bond donors (Lipinski definition) is 1. The van der Waals surface area contributed by atoms with Gasteiger partial charge in [-0.15, -0.1) is 0 Å². The highest BCUT2D eigenvalue weighted by atomic mass is 35.5. The summed E-state index contributed by atoms with van der Waals surface area (Å²) in [6, 6.07) is 7.35. The lowest BCUT2D eigenvalue weighted by atomic mass is 9.73. The second-order valence-electron chi connectivity index (χ2n) is 4.69. The summed E-state index contributed by atoms with van der Waals surface area (Å²) in [5.74, 6) is -0.253. The van der Waals surface area contributed by atoms with E-state index in [0.29, 0.717) is 5.02 Å². The standard InChI is InChI=1S/C14H20ClNO2/c1-4-12(16)14(2,9-13(17)18-3)10-5-7-11(15)8-6-10/h5-8,12H,4,9,16H2,1-3H3. The molecule has 100 valence electrons. The number of hydrogen-bond acceptors (Lipinski definition) is 3. The highest BCUT2D eigenvalue weighted by Gasteiger charge is 2.35. The molecular formula is C14H20ClNO2. The van der Waals surface area contributed by atoms with E-state index in [2.05, 4.69) is 0 Å². The first-order valence-electron chi connectivity index (χ1n) is 6.02. The molecule has 0 saturated carbocycles. The number of esters is 1. The topological polar surface area (TPSA) is 52.3 Å². The van der Waals surface area contributed by atoms with Gasteiger partial charge in [0.1, 0.15) is 0 Å². The lowest BCUT2D eigenvalue weighted by molar-refractivity contribution is -0.142. The van der Waals surface area contributed by atoms with Crippen LogP contribution < -0.4 is 5.73 Å². The number of methoxy groups -OCH3 is 1. The molecule has 0 fully saturated rings. The smallest absolute Gasteiger partial charge is 0.306 e. The monoisotopic (exact) mass is 269 g/mol. The third-order valence-electron chi connectivity index (χ3n) is 3.50. The highest BCUT2D eigenvalue weighted by Crippen LogP contribution is 2.33. The number of halogens is 1. The van der Waals surface area contributed by atoms with Gasteiger partial charge in [-0.05, 0) is 24.1 Å². The Balaban J connectivity index is 3.11. The van der Waals surface area contributed by atoms with Gasteiger partial charge in [-0.3, -0.25) is 4.79 Å². The zero-order valence-electron chi connectivity index (χ0n) is 11.1. The molecule has 0 radical (unpaired) electrons. The van der Waals surface area contributed by atoms with Crippen molar-refractivity contribution in [2.45, 2.75) is 38.1 Å². The SMILES string of the molecule is CCC(N)C(C)(CC(=O)OC)c1ccc(Cl)cc1. The largest absolute Gasteiger partial charge is 0.469 e. The summed E-state index contributed by atoms with van der Waals surface area (Å²) in [5, 5.41) is 0.671. The van der Waals surface area contributed by atoms with Crippen molar-refractivity contribution >= 4 is 17.6 Å². The zero-order valence-corrected chi connectivity index (χ0v) is 11.8. The molecule has 2 N–H and O–H groups in total. The van der Waals surface area contributed by atoms with E-state index in [4.69, 9.17) is 22.1 Å². The van der Waals surface area contributed by atoms with Gasteiger partial charge in [0.25, 0.3) is 0 Å². The summed E-state index contributed by atoms with van der Waals surface area (Å²) in [4.78, 5) is 11.6. The van der Waals surface area contributed by atoms with Crippen molar-refractivity contribution in [3.8, 4) is 0 Å². The van der Waals surface area contributed by atoms with Crippen LogP contribution in [0.15, 0.2) is 24.3 Å². The summed E-state index contributed by atoms with van der Waals surface area (Å²) < 4.78 is 4.77. The highest BCUT2D eigenvalue weighted by molar-refractivity contribution is 6.30. The molecule has 0 spiro atoms. The molecule has 0 aliphatic carbocycles. The molecule has 3 nitrogen and oxygen atoms in total. The van der Waals surface area contributed by atoms with Crippen molar-refractivity contribution in [3.05, 3.63) is 34.9 Å². The summed E-state index contributed by atoms with van der Waals surface area (Å²) in [6.07, 6.45) is 1.05. The fourth-order valence-electron chi connectivity index (χ4n) is 2.10. The zero-order chi connectivity index (χ0) is 13.8. The van der Waals surface area contributed by atoms with Gasteiger partial charge in [0.2, 0.25) is 0 Å². The first-order valence-corrected chi connectivity index (χ1v) is 6.40. The lowest BCUT2D eigenvalue weighted by Crippen LogP contribution is -2.44. The van der Waals surface area contributed by atoms with Crippen LogP contribution in [-0.4, -0.2) is 19.1 Å². The van der Waals surface area contributed by atoms with Crippen LogP contribution in [0.2, 0.25) is 5.02 Å². The van der Waals surface area contributed by atoms with E-state index in [9.17, 15) is 4.79 Å². The lowest BCUT2D eigenvalue weighted by Gasteiger charge is -2.34. The van der Waals surface area contributed by atoms with E-state index < -0.39 is 5.41 Å². The van der Waals surface area contributed by atoms with E-state index in [-0.39, 0.29) is 18.4 Å². The van der Waals surface area contributed by atoms with Crippen LogP contribution in [-0.2, 0) is 14.9 Å². The number of benzene rings is 1. The molecular weight excluding hydrogens is 250 g/mol. The Bertz CT molecular complexity index is 405. The van der Waals surface area contributed by atoms with Gasteiger partial charge in [0, 0.05) is 16.5 Å². The molecule has 1 rings (SSSR count). The second-order valence-corrected chi connectivity index (χ2v) is 5.13. The van der Waals surface area contributed by atoms with E-state index in [1.807, 2.05) is 38.1 Å². The Kier molecular flexibility index (Phi) is 5.17. The van der Waals surface area contributed by atoms with Gasteiger partial charge in [-0.25, -0.2) is 0 Å². The molecule has 0 aliphatic rings. The van der Waals surface area contributed by atoms with Gasteiger partial charge < -0.3 is 10.5 Å². The molecule has 0 saturated heterocycles. The average Bonchev–Trinajstić information content (AvgIpc) is 2.38. The van der Waals surface area contributed by atoms with Crippen molar-refractivity contribution in [2.24, 2.45) is 5.73 Å². The number of rotatable bonds is 5. The van der Waals surface area contributed by atoms with Gasteiger partial charge in [-0.1, -0.05) is 37.6 Å². The summed E-state index contributed by atoms with van der Waals surface area (Å²) in [5.41, 5.74) is 6.75. The molecule has 0 aliphatic heterocycles. The Morgan fingerprint density at radius 2 is 2.00 bits per heavy atom. The average molecular weight is 270 g/mol. The third kappa shape index (κ3) is 3.24. The van der Waals surface area contributed by atoms with Gasteiger partial charge >= 0.3 is 5.97 Å². The summed E-state index contributed by atoms with van der Waals surface area (Å²) in [6.45, 7) is 4.00. The predicted molar refractivity (Wildman–Crippen MR) is 73.7 cm³/mol. The van der Waals surface area contributed by atoms with Crippen LogP contribution in [0.25, 0.3) is 0 Å². The molecule has 4 heteroatoms. The number of ether oxygens (including phenoxy) is 1. The molecule has 1 aromatic carbocycles. The third-order valence-corrected chi connectivity index (χ3v) is 3.75. The number of carbonyl (C=O) groups is 1. The molecule has 2 atom stereocenters.